The first-order valence-corrected chi connectivity index (χ1v) is 6.92. The first kappa shape index (κ1) is 11.2. The fourth-order valence-electron chi connectivity index (χ4n) is 2.88. The SMILES string of the molecule is C1=C(c2[nH]nc3c([C@H]4CCO4)cccc23)CNCC1. The number of H-pyrrole nitrogens is 1. The van der Waals surface area contributed by atoms with Gasteiger partial charge in [0.15, 0.2) is 0 Å². The Morgan fingerprint density at radius 1 is 1.32 bits per heavy atom. The molecule has 98 valence electrons. The van der Waals surface area contributed by atoms with Gasteiger partial charge < -0.3 is 10.1 Å². The summed E-state index contributed by atoms with van der Waals surface area (Å²) in [5.74, 6) is 0. The molecule has 2 aliphatic rings. The topological polar surface area (TPSA) is 49.9 Å². The molecular weight excluding hydrogens is 238 g/mol. The minimum Gasteiger partial charge on any atom is -0.373 e. The number of hydrogen-bond donors (Lipinski definition) is 2. The maximum Gasteiger partial charge on any atom is 0.0985 e. The molecule has 4 nitrogen and oxygen atoms in total. The van der Waals surface area contributed by atoms with Crippen LogP contribution < -0.4 is 5.32 Å². The van der Waals surface area contributed by atoms with Gasteiger partial charge in [0.1, 0.15) is 0 Å². The van der Waals surface area contributed by atoms with Gasteiger partial charge in [-0.25, -0.2) is 0 Å². The zero-order valence-corrected chi connectivity index (χ0v) is 10.8. The van der Waals surface area contributed by atoms with E-state index in [1.54, 1.807) is 0 Å². The van der Waals surface area contributed by atoms with Crippen molar-refractivity contribution < 1.29 is 4.74 Å². The molecule has 2 aromatic rings. The lowest BCUT2D eigenvalue weighted by Gasteiger charge is -2.26. The van der Waals surface area contributed by atoms with Crippen molar-refractivity contribution in [2.75, 3.05) is 19.7 Å². The molecule has 2 aliphatic heterocycles. The largest absolute Gasteiger partial charge is 0.373 e. The molecule has 0 aliphatic carbocycles. The van der Waals surface area contributed by atoms with Crippen LogP contribution in [-0.4, -0.2) is 29.9 Å². The molecule has 4 heteroatoms. The Labute approximate surface area is 111 Å². The van der Waals surface area contributed by atoms with Crippen molar-refractivity contribution in [3.8, 4) is 0 Å². The van der Waals surface area contributed by atoms with Gasteiger partial charge in [-0.1, -0.05) is 24.3 Å². The maximum absolute atomic E-state index is 5.60. The second-order valence-electron chi connectivity index (χ2n) is 5.18. The van der Waals surface area contributed by atoms with Gasteiger partial charge in [0.05, 0.1) is 23.9 Å². The lowest BCUT2D eigenvalue weighted by atomic mass is 9.98. The van der Waals surface area contributed by atoms with Crippen molar-refractivity contribution in [1.82, 2.24) is 15.5 Å². The van der Waals surface area contributed by atoms with E-state index >= 15 is 0 Å². The number of ether oxygens (including phenoxy) is 1. The zero-order chi connectivity index (χ0) is 12.7. The average Bonchev–Trinajstić information content (AvgIpc) is 2.83. The number of para-hydroxylation sites is 1. The molecule has 0 saturated carbocycles. The molecule has 0 spiro atoms. The lowest BCUT2D eigenvalue weighted by molar-refractivity contribution is -0.0519. The van der Waals surface area contributed by atoms with Crippen LogP contribution in [0.2, 0.25) is 0 Å². The number of fused-ring (bicyclic) bond motifs is 1. The van der Waals surface area contributed by atoms with Crippen molar-refractivity contribution in [2.45, 2.75) is 18.9 Å². The third-order valence-electron chi connectivity index (χ3n) is 4.01. The monoisotopic (exact) mass is 255 g/mol. The zero-order valence-electron chi connectivity index (χ0n) is 10.8. The Kier molecular flexibility index (Phi) is 2.64. The molecule has 0 bridgehead atoms. The Morgan fingerprint density at radius 2 is 2.26 bits per heavy atom. The van der Waals surface area contributed by atoms with Crippen molar-refractivity contribution >= 4 is 16.5 Å². The van der Waals surface area contributed by atoms with E-state index < -0.39 is 0 Å². The summed E-state index contributed by atoms with van der Waals surface area (Å²) < 4.78 is 5.60. The predicted octanol–water partition coefficient (Wildman–Crippen LogP) is 2.40. The van der Waals surface area contributed by atoms with E-state index in [0.29, 0.717) is 0 Å². The molecule has 1 fully saturated rings. The summed E-state index contributed by atoms with van der Waals surface area (Å²) in [4.78, 5) is 0. The third-order valence-corrected chi connectivity index (χ3v) is 4.01. The molecule has 1 aromatic carbocycles. The van der Waals surface area contributed by atoms with Crippen LogP contribution in [0.25, 0.3) is 16.5 Å². The van der Waals surface area contributed by atoms with Crippen LogP contribution in [0.4, 0.5) is 0 Å². The summed E-state index contributed by atoms with van der Waals surface area (Å²) in [6.45, 7) is 2.85. The first-order chi connectivity index (χ1) is 9.43. The molecule has 3 heterocycles. The van der Waals surface area contributed by atoms with Gasteiger partial charge in [0.2, 0.25) is 0 Å². The van der Waals surface area contributed by atoms with Gasteiger partial charge >= 0.3 is 0 Å². The van der Waals surface area contributed by atoms with Gasteiger partial charge in [-0.05, 0) is 18.5 Å². The molecule has 0 amide bonds. The van der Waals surface area contributed by atoms with Crippen LogP contribution >= 0.6 is 0 Å². The molecule has 2 N–H and O–H groups in total. The molecule has 1 atom stereocenters. The Bertz CT molecular complexity index is 640. The number of aromatic amines is 1. The molecule has 4 rings (SSSR count). The smallest absolute Gasteiger partial charge is 0.0985 e. The minimum atomic E-state index is 0.235. The fraction of sp³-hybridized carbons (Fsp3) is 0.400. The fourth-order valence-corrected chi connectivity index (χ4v) is 2.88. The highest BCUT2D eigenvalue weighted by Crippen LogP contribution is 2.35. The van der Waals surface area contributed by atoms with E-state index in [1.165, 1.54) is 16.5 Å². The number of benzene rings is 1. The number of hydrogen-bond acceptors (Lipinski definition) is 3. The summed E-state index contributed by atoms with van der Waals surface area (Å²) >= 11 is 0. The number of rotatable bonds is 2. The van der Waals surface area contributed by atoms with Crippen LogP contribution in [0.5, 0.6) is 0 Å². The van der Waals surface area contributed by atoms with Crippen LogP contribution in [0.3, 0.4) is 0 Å². The average molecular weight is 255 g/mol. The van der Waals surface area contributed by atoms with E-state index in [9.17, 15) is 0 Å². The van der Waals surface area contributed by atoms with E-state index in [0.717, 1.165) is 43.7 Å². The van der Waals surface area contributed by atoms with E-state index in [4.69, 9.17) is 4.74 Å². The molecule has 1 aromatic heterocycles. The first-order valence-electron chi connectivity index (χ1n) is 6.92. The number of aromatic nitrogens is 2. The summed E-state index contributed by atoms with van der Waals surface area (Å²) in [7, 11) is 0. The van der Waals surface area contributed by atoms with Crippen molar-refractivity contribution in [1.29, 1.82) is 0 Å². The normalized spacial score (nSPS) is 23.2. The molecular formula is C15H17N3O. The van der Waals surface area contributed by atoms with Crippen molar-refractivity contribution in [2.24, 2.45) is 0 Å². The summed E-state index contributed by atoms with van der Waals surface area (Å²) in [6, 6.07) is 6.38. The van der Waals surface area contributed by atoms with Gasteiger partial charge in [-0.3, -0.25) is 5.10 Å². The second kappa shape index (κ2) is 4.47. The van der Waals surface area contributed by atoms with Gasteiger partial charge in [0.25, 0.3) is 0 Å². The minimum absolute atomic E-state index is 0.235. The van der Waals surface area contributed by atoms with Crippen LogP contribution in [0, 0.1) is 0 Å². The third kappa shape index (κ3) is 1.79. The number of nitrogens with one attached hydrogen (secondary N) is 2. The van der Waals surface area contributed by atoms with Crippen LogP contribution in [0.15, 0.2) is 24.3 Å². The van der Waals surface area contributed by atoms with Crippen LogP contribution in [0.1, 0.15) is 30.2 Å². The number of nitrogens with zero attached hydrogens (tertiary/aromatic N) is 1. The Balaban J connectivity index is 1.83. The molecule has 0 unspecified atom stereocenters. The quantitative estimate of drug-likeness (QED) is 0.866. The van der Waals surface area contributed by atoms with E-state index in [-0.39, 0.29) is 6.10 Å². The lowest BCUT2D eigenvalue weighted by Crippen LogP contribution is -2.21. The van der Waals surface area contributed by atoms with E-state index in [1.807, 2.05) is 0 Å². The summed E-state index contributed by atoms with van der Waals surface area (Å²) in [5.41, 5.74) is 4.76. The van der Waals surface area contributed by atoms with Gasteiger partial charge in [-0.15, -0.1) is 0 Å². The van der Waals surface area contributed by atoms with Gasteiger partial charge in [0, 0.05) is 23.9 Å². The Hall–Kier alpha value is -1.65. The molecule has 0 radical (unpaired) electrons. The molecule has 19 heavy (non-hydrogen) atoms. The highest BCUT2D eigenvalue weighted by atomic mass is 16.5. The van der Waals surface area contributed by atoms with E-state index in [2.05, 4.69) is 39.8 Å². The Morgan fingerprint density at radius 3 is 3.00 bits per heavy atom. The highest BCUT2D eigenvalue weighted by Gasteiger charge is 2.24. The van der Waals surface area contributed by atoms with Crippen LogP contribution in [-0.2, 0) is 4.74 Å². The standard InChI is InChI=1S/C15H17N3O/c1-4-11(13-6-8-19-13)15-12(5-1)14(17-18-15)10-3-2-7-16-9-10/h1,3-5,13,16H,2,6-9H2,(H,17,18)/t13-/m1/s1. The second-order valence-corrected chi connectivity index (χ2v) is 5.18. The maximum atomic E-state index is 5.60. The predicted molar refractivity (Wildman–Crippen MR) is 74.9 cm³/mol. The molecule has 1 saturated heterocycles. The summed E-state index contributed by atoms with van der Waals surface area (Å²) in [5, 5.41) is 12.4. The van der Waals surface area contributed by atoms with Gasteiger partial charge in [-0.2, -0.15) is 5.10 Å². The highest BCUT2D eigenvalue weighted by molar-refractivity contribution is 5.92. The summed E-state index contributed by atoms with van der Waals surface area (Å²) in [6.07, 6.45) is 4.72. The van der Waals surface area contributed by atoms with Crippen molar-refractivity contribution in [3.63, 3.8) is 0 Å². The van der Waals surface area contributed by atoms with Crippen molar-refractivity contribution in [3.05, 3.63) is 35.5 Å².